The summed E-state index contributed by atoms with van der Waals surface area (Å²) < 4.78 is 0.991. The number of hydrogen-bond donors (Lipinski definition) is 0. The van der Waals surface area contributed by atoms with Crippen LogP contribution in [0.3, 0.4) is 0 Å². The summed E-state index contributed by atoms with van der Waals surface area (Å²) in [5.74, 6) is 0. The van der Waals surface area contributed by atoms with Gasteiger partial charge in [0.15, 0.2) is 0 Å². The van der Waals surface area contributed by atoms with Crippen molar-refractivity contribution >= 4 is 65.0 Å². The van der Waals surface area contributed by atoms with Crippen LogP contribution in [0.2, 0.25) is 10.0 Å². The first kappa shape index (κ1) is 42.1. The van der Waals surface area contributed by atoms with Crippen molar-refractivity contribution < 1.29 is 18.9 Å². The molecule has 0 N–H and O–H groups in total. The van der Waals surface area contributed by atoms with Gasteiger partial charge in [-0.15, -0.1) is 39.7 Å². The molecule has 284 valence electrons. The molecule has 0 heterocycles. The molecule has 0 unspecified atom stereocenters. The van der Waals surface area contributed by atoms with Crippen molar-refractivity contribution in [2.45, 2.75) is 52.4 Å². The number of halogens is 4. The van der Waals surface area contributed by atoms with Crippen LogP contribution in [-0.2, 0) is 29.7 Å². The molecule has 0 atom stereocenters. The molecule has 8 aromatic carbocycles. The summed E-state index contributed by atoms with van der Waals surface area (Å²) in [5.41, 5.74) is 10.1. The summed E-state index contributed by atoms with van der Waals surface area (Å²) >= 11 is 9.40. The molecule has 0 spiro atoms. The monoisotopic (exact) mass is 888 g/mol. The Morgan fingerprint density at radius 3 is 1.21 bits per heavy atom. The van der Waals surface area contributed by atoms with Crippen LogP contribution >= 0.6 is 40.2 Å². The van der Waals surface area contributed by atoms with Gasteiger partial charge in [0.2, 0.25) is 0 Å². The van der Waals surface area contributed by atoms with E-state index in [-0.39, 0.29) is 10.8 Å². The molecule has 0 aliphatic carbocycles. The van der Waals surface area contributed by atoms with E-state index in [1.165, 1.54) is 54.9 Å². The Labute approximate surface area is 357 Å². The summed E-state index contributed by atoms with van der Waals surface area (Å²) in [4.78, 5) is 0. The van der Waals surface area contributed by atoms with Gasteiger partial charge < -0.3 is 0 Å². The zero-order valence-corrected chi connectivity index (χ0v) is 38.2. The van der Waals surface area contributed by atoms with Gasteiger partial charge in [-0.3, -0.25) is 0 Å². The molecule has 8 aromatic rings. The number of hydrogen-bond acceptors (Lipinski definition) is 0. The van der Waals surface area contributed by atoms with E-state index in [0.29, 0.717) is 10.0 Å². The van der Waals surface area contributed by atoms with E-state index in [9.17, 15) is 0 Å². The molecule has 5 heteroatoms. The fourth-order valence-corrected chi connectivity index (χ4v) is 11.9. The van der Waals surface area contributed by atoms with E-state index >= 15 is 0 Å². The van der Waals surface area contributed by atoms with Gasteiger partial charge in [-0.2, -0.15) is 18.2 Å². The van der Waals surface area contributed by atoms with Crippen LogP contribution in [0.1, 0.15) is 63.8 Å². The third-order valence-corrected chi connectivity index (χ3v) is 14.8. The number of rotatable bonds is 4. The van der Waals surface area contributed by atoms with Gasteiger partial charge in [0.1, 0.15) is 0 Å². The summed E-state index contributed by atoms with van der Waals surface area (Å²) in [6.45, 7) is 13.9. The molecule has 0 saturated carbocycles. The predicted octanol–water partition coefficient (Wildman–Crippen LogP) is 16.5. The topological polar surface area (TPSA) is 0 Å². The van der Waals surface area contributed by atoms with Gasteiger partial charge in [-0.05, 0) is 44.2 Å². The molecular formula is C51H46Cl4Zr-2. The Kier molecular flexibility index (Phi) is 13.8. The normalized spacial score (nSPS) is 11.4. The van der Waals surface area contributed by atoms with E-state index in [1.54, 1.807) is 0 Å². The van der Waals surface area contributed by atoms with E-state index < -0.39 is 18.9 Å². The van der Waals surface area contributed by atoms with Crippen LogP contribution in [0, 0.1) is 0 Å². The van der Waals surface area contributed by atoms with E-state index in [1.807, 2.05) is 78.9 Å². The molecule has 0 aliphatic heterocycles. The first-order valence-corrected chi connectivity index (χ1v) is 27.1. The fourth-order valence-electron chi connectivity index (χ4n) is 7.05. The number of fused-ring (bicyclic) bond motifs is 3. The van der Waals surface area contributed by atoms with E-state index in [2.05, 4.69) is 133 Å². The third kappa shape index (κ3) is 10.3. The first-order chi connectivity index (χ1) is 26.7. The molecule has 0 bridgehead atoms. The Hall–Kier alpha value is -3.55. The van der Waals surface area contributed by atoms with Crippen molar-refractivity contribution in [1.29, 1.82) is 0 Å². The van der Waals surface area contributed by atoms with Gasteiger partial charge >= 0.3 is 132 Å². The van der Waals surface area contributed by atoms with E-state index in [0.717, 1.165) is 14.3 Å². The minimum Gasteiger partial charge on any atom is -0.214 e. The Bertz CT molecular complexity index is 2390. The van der Waals surface area contributed by atoms with Gasteiger partial charge in [0.25, 0.3) is 0 Å². The molecule has 0 aliphatic rings. The van der Waals surface area contributed by atoms with Crippen LogP contribution in [-0.4, -0.2) is 3.21 Å². The Balaban J connectivity index is 0.000000192. The van der Waals surface area contributed by atoms with Gasteiger partial charge in [0, 0.05) is 0 Å². The van der Waals surface area contributed by atoms with Crippen LogP contribution in [0.4, 0.5) is 0 Å². The minimum absolute atomic E-state index is 0.0554. The summed E-state index contributed by atoms with van der Waals surface area (Å²) in [7, 11) is 12.5. The summed E-state index contributed by atoms with van der Waals surface area (Å²) in [6.07, 6.45) is 0. The molecule has 8 rings (SSSR count). The molecule has 0 nitrogen and oxygen atoms in total. The second kappa shape index (κ2) is 18.4. The maximum absolute atomic E-state index is 6.26. The average molecular weight is 892 g/mol. The SMILES string of the molecule is CC(C)(C)c1cc2c(cc1-c1ccccc1)[cH-]c1cc(-c3ccccc3)c(C(C)(C)C)cc12.Clc1cccc([C](c2cccc(Cl)c2)=[Zr]([Cl])[Cl])c1.c1cc[cH-]c1. The Morgan fingerprint density at radius 1 is 0.482 bits per heavy atom. The van der Waals surface area contributed by atoms with E-state index in [4.69, 9.17) is 40.2 Å². The molecule has 56 heavy (non-hydrogen) atoms. The quantitative estimate of drug-likeness (QED) is 0.154. The molecule has 0 amide bonds. The second-order valence-corrected chi connectivity index (χ2v) is 25.0. The zero-order valence-electron chi connectivity index (χ0n) is 32.7. The average Bonchev–Trinajstić information content (AvgIpc) is 3.86. The summed E-state index contributed by atoms with van der Waals surface area (Å²) in [6, 6.07) is 58.8. The maximum atomic E-state index is 6.26. The van der Waals surface area contributed by atoms with Crippen molar-refractivity contribution in [3.63, 3.8) is 0 Å². The van der Waals surface area contributed by atoms with Gasteiger partial charge in [-0.1, -0.05) is 114 Å². The molecule has 0 aromatic heterocycles. The number of benzene rings is 6. The first-order valence-electron chi connectivity index (χ1n) is 18.8. The summed E-state index contributed by atoms with van der Waals surface area (Å²) in [5, 5.41) is 6.71. The maximum Gasteiger partial charge on any atom is -0.172 e. The zero-order chi connectivity index (χ0) is 40.0. The van der Waals surface area contributed by atoms with Crippen LogP contribution < -0.4 is 0 Å². The molecule has 0 radical (unpaired) electrons. The van der Waals surface area contributed by atoms with Crippen LogP contribution in [0.15, 0.2) is 170 Å². The third-order valence-electron chi connectivity index (χ3n) is 9.74. The standard InChI is InChI=1S/C33H33.C13H8Cl2.C5H5.2ClH.Zr/c1-32(2,3)30-20-26-24(18-28(30)22-13-9-7-10-14-22)17-25-19-29(23-15-11-8-12-16-23)31(21-27(25)26)33(4,5)6;14-12-5-1-3-10(8-12)7-11-4-2-6-13(15)9-11;1-2-4-5-3-1;;;/h7-21H,1-6H3;1-6,8-9H;1-5H;2*1H;/q-1;;-1;;;+2/p-2. The van der Waals surface area contributed by atoms with Crippen LogP contribution in [0.25, 0.3) is 43.8 Å². The Morgan fingerprint density at radius 2 is 0.893 bits per heavy atom. The second-order valence-electron chi connectivity index (χ2n) is 16.0. The van der Waals surface area contributed by atoms with Crippen molar-refractivity contribution in [2.24, 2.45) is 0 Å². The smallest absolute Gasteiger partial charge is 0.172 e. The van der Waals surface area contributed by atoms with Crippen molar-refractivity contribution in [3.8, 4) is 22.3 Å². The van der Waals surface area contributed by atoms with Gasteiger partial charge in [0.05, 0.1) is 0 Å². The van der Waals surface area contributed by atoms with Gasteiger partial charge in [-0.25, -0.2) is 12.1 Å². The predicted molar refractivity (Wildman–Crippen MR) is 245 cm³/mol. The fraction of sp³-hybridized carbons (Fsp3) is 0.157. The van der Waals surface area contributed by atoms with Crippen molar-refractivity contribution in [2.75, 3.05) is 0 Å². The molecule has 0 fully saturated rings. The molecular weight excluding hydrogens is 846 g/mol. The van der Waals surface area contributed by atoms with Crippen LogP contribution in [0.5, 0.6) is 0 Å². The largest absolute Gasteiger partial charge is 0.214 e. The molecule has 0 saturated heterocycles. The van der Waals surface area contributed by atoms with Crippen molar-refractivity contribution in [1.82, 2.24) is 0 Å². The minimum atomic E-state index is -2.61. The van der Waals surface area contributed by atoms with Crippen molar-refractivity contribution in [3.05, 3.63) is 202 Å².